The summed E-state index contributed by atoms with van der Waals surface area (Å²) in [6.45, 7) is 2.39. The van der Waals surface area contributed by atoms with Crippen LogP contribution in [0.1, 0.15) is 52.9 Å². The average Bonchev–Trinajstić information content (AvgIpc) is 3.29. The Morgan fingerprint density at radius 1 is 1.09 bits per heavy atom. The van der Waals surface area contributed by atoms with Crippen LogP contribution in [-0.4, -0.2) is 80.8 Å². The van der Waals surface area contributed by atoms with Gasteiger partial charge < -0.3 is 30.2 Å². The van der Waals surface area contributed by atoms with Crippen molar-refractivity contribution in [1.29, 1.82) is 0 Å². The van der Waals surface area contributed by atoms with Crippen LogP contribution >= 0.6 is 18.9 Å². The Morgan fingerprint density at radius 3 is 2.67 bits per heavy atom. The number of carbonyl (C=O) groups is 3. The minimum absolute atomic E-state index is 0.103. The molecule has 1 aromatic carbocycles. The molecule has 3 amide bonds. The van der Waals surface area contributed by atoms with Crippen LogP contribution < -0.4 is 15.5 Å². The van der Waals surface area contributed by atoms with E-state index in [-0.39, 0.29) is 30.6 Å². The van der Waals surface area contributed by atoms with Gasteiger partial charge in [-0.05, 0) is 91.6 Å². The molecule has 0 radical (unpaired) electrons. The Kier molecular flexibility index (Phi) is 8.15. The zero-order valence-corrected chi connectivity index (χ0v) is 27.1. The van der Waals surface area contributed by atoms with Crippen LogP contribution in [-0.2, 0) is 20.3 Å². The topological polar surface area (TPSA) is 152 Å². The van der Waals surface area contributed by atoms with E-state index in [9.17, 15) is 28.7 Å². The van der Waals surface area contributed by atoms with Gasteiger partial charge in [-0.1, -0.05) is 6.07 Å². The van der Waals surface area contributed by atoms with E-state index in [2.05, 4.69) is 15.6 Å². The van der Waals surface area contributed by atoms with Gasteiger partial charge in [0.2, 0.25) is 11.8 Å². The lowest BCUT2D eigenvalue weighted by molar-refractivity contribution is -0.143. The summed E-state index contributed by atoms with van der Waals surface area (Å²) in [5.74, 6) is -0.249. The highest BCUT2D eigenvalue weighted by Gasteiger charge is 2.51. The Bertz CT molecular complexity index is 1750. The number of aryl methyl sites for hydroxylation is 1. The largest absolute Gasteiger partial charge is 0.365 e. The van der Waals surface area contributed by atoms with Gasteiger partial charge in [0.15, 0.2) is 0 Å². The fourth-order valence-corrected chi connectivity index (χ4v) is 9.20. The number of pyridine rings is 1. The van der Waals surface area contributed by atoms with Gasteiger partial charge in [-0.3, -0.25) is 23.9 Å². The molecule has 5 heterocycles. The minimum atomic E-state index is -4.24. The van der Waals surface area contributed by atoms with E-state index < -0.39 is 37.8 Å². The predicted octanol–water partition coefficient (Wildman–Crippen LogP) is 3.51. The van der Waals surface area contributed by atoms with Crippen molar-refractivity contribution in [3.8, 4) is 0 Å². The fourth-order valence-electron chi connectivity index (χ4n) is 7.58. The van der Waals surface area contributed by atoms with Gasteiger partial charge in [0.05, 0.1) is 35.5 Å². The van der Waals surface area contributed by atoms with Gasteiger partial charge in [0.1, 0.15) is 18.3 Å². The summed E-state index contributed by atoms with van der Waals surface area (Å²) in [6, 6.07) is 6.24. The van der Waals surface area contributed by atoms with Crippen molar-refractivity contribution in [2.75, 3.05) is 18.0 Å². The zero-order chi connectivity index (χ0) is 32.3. The fraction of sp³-hybridized carbons (Fsp3) is 0.500. The number of halogens is 1. The number of carbonyl (C=O) groups excluding carboxylic acids is 3. The van der Waals surface area contributed by atoms with E-state index in [0.717, 1.165) is 28.8 Å². The summed E-state index contributed by atoms with van der Waals surface area (Å²) in [7, 11) is -4.24. The predicted molar refractivity (Wildman–Crippen MR) is 171 cm³/mol. The van der Waals surface area contributed by atoms with Crippen molar-refractivity contribution in [3.63, 3.8) is 0 Å². The number of alkyl halides is 1. The normalized spacial score (nSPS) is 29.2. The van der Waals surface area contributed by atoms with Crippen LogP contribution in [0.5, 0.6) is 0 Å². The van der Waals surface area contributed by atoms with Crippen LogP contribution in [0.4, 0.5) is 10.1 Å². The molecule has 46 heavy (non-hydrogen) atoms. The van der Waals surface area contributed by atoms with Crippen molar-refractivity contribution >= 4 is 52.4 Å². The standard InChI is InChI=1S/C32H37FN5O6PS/c1-17-6-7-34-13-27(17)37-14-23(33)25(15-37)36-30(39)26-4-3-22-10-19-9-20(19)11-24(32(41)38(22)26)35-31(40)29-12-21-8-18(16-45(42,43)44)2-5-28(21)46-29/h2,5-8,12-13,19-20,22-26H,3-4,9-11,14-16H2,1H3,(H,35,40)(H,36,39)(H2,42,43,44)/t19-,20+,22-,23+,24+,25+,26+/m1/s1. The van der Waals surface area contributed by atoms with Crippen molar-refractivity contribution in [2.24, 2.45) is 11.8 Å². The number of thiophene rings is 1. The molecule has 14 heteroatoms. The number of benzene rings is 1. The highest BCUT2D eigenvalue weighted by Crippen LogP contribution is 2.49. The number of hydrogen-bond acceptors (Lipinski definition) is 7. The van der Waals surface area contributed by atoms with Crippen LogP contribution in [0.2, 0.25) is 0 Å². The number of rotatable bonds is 7. The molecule has 0 bridgehead atoms. The first-order chi connectivity index (χ1) is 21.9. The smallest absolute Gasteiger partial charge is 0.329 e. The lowest BCUT2D eigenvalue weighted by atomic mass is 9.99. The average molecular weight is 670 g/mol. The van der Waals surface area contributed by atoms with Gasteiger partial charge in [0.25, 0.3) is 5.91 Å². The molecule has 2 aromatic heterocycles. The molecule has 4 N–H and O–H groups in total. The van der Waals surface area contributed by atoms with Crippen LogP contribution in [0.3, 0.4) is 0 Å². The number of fused-ring (bicyclic) bond motifs is 3. The maximum atomic E-state index is 15.2. The summed E-state index contributed by atoms with van der Waals surface area (Å²) in [4.78, 5) is 68.1. The monoisotopic (exact) mass is 669 g/mol. The molecule has 0 unspecified atom stereocenters. The quantitative estimate of drug-likeness (QED) is 0.279. The summed E-state index contributed by atoms with van der Waals surface area (Å²) in [5.41, 5.74) is 2.28. The zero-order valence-electron chi connectivity index (χ0n) is 25.3. The van der Waals surface area contributed by atoms with E-state index in [1.807, 2.05) is 17.9 Å². The van der Waals surface area contributed by atoms with Gasteiger partial charge in [0, 0.05) is 23.5 Å². The van der Waals surface area contributed by atoms with E-state index >= 15 is 4.39 Å². The van der Waals surface area contributed by atoms with Crippen molar-refractivity contribution in [3.05, 3.63) is 58.7 Å². The van der Waals surface area contributed by atoms with Crippen molar-refractivity contribution < 1.29 is 33.1 Å². The number of anilines is 1. The third-order valence-corrected chi connectivity index (χ3v) is 11.9. The SMILES string of the molecule is Cc1ccncc1N1C[C@H](NC(=O)[C@@H]2CC[C@@H]3C[C@H]4C[C@H]4C[C@H](NC(=O)c4cc5cc(CP(=O)(O)O)ccc5s4)C(=O)N32)[C@@H](F)C1. The Hall–Kier alpha value is -3.38. The van der Waals surface area contributed by atoms with E-state index in [4.69, 9.17) is 0 Å². The molecular formula is C32H37FN5O6PS. The molecule has 244 valence electrons. The number of amides is 3. The maximum absolute atomic E-state index is 15.2. The first kappa shape index (κ1) is 31.2. The number of nitrogens with zero attached hydrogens (tertiary/aromatic N) is 3. The molecule has 1 saturated carbocycles. The summed E-state index contributed by atoms with van der Waals surface area (Å²) in [6.07, 6.45) is 5.23. The molecule has 7 atom stereocenters. The maximum Gasteiger partial charge on any atom is 0.329 e. The van der Waals surface area contributed by atoms with E-state index in [1.165, 1.54) is 11.3 Å². The van der Waals surface area contributed by atoms with Gasteiger partial charge >= 0.3 is 7.60 Å². The van der Waals surface area contributed by atoms with Crippen molar-refractivity contribution in [2.45, 2.75) is 75.5 Å². The van der Waals surface area contributed by atoms with Gasteiger partial charge in [-0.25, -0.2) is 4.39 Å². The van der Waals surface area contributed by atoms with Crippen LogP contribution in [0.15, 0.2) is 42.7 Å². The Balaban J connectivity index is 1.05. The third kappa shape index (κ3) is 6.30. The molecule has 0 spiro atoms. The molecule has 11 nitrogen and oxygen atoms in total. The number of hydrogen-bond donors (Lipinski definition) is 4. The second-order valence-corrected chi connectivity index (χ2v) is 16.0. The summed E-state index contributed by atoms with van der Waals surface area (Å²) in [5, 5.41) is 6.56. The summed E-state index contributed by atoms with van der Waals surface area (Å²) >= 11 is 1.25. The molecule has 3 aromatic rings. The van der Waals surface area contributed by atoms with Crippen LogP contribution in [0, 0.1) is 18.8 Å². The number of nitrogens with one attached hydrogen (secondary N) is 2. The molecule has 4 fully saturated rings. The third-order valence-electron chi connectivity index (χ3n) is 9.97. The first-order valence-electron chi connectivity index (χ1n) is 15.7. The highest BCUT2D eigenvalue weighted by atomic mass is 32.1. The van der Waals surface area contributed by atoms with Crippen LogP contribution in [0.25, 0.3) is 10.1 Å². The second-order valence-electron chi connectivity index (χ2n) is 13.2. The first-order valence-corrected chi connectivity index (χ1v) is 18.3. The van der Waals surface area contributed by atoms with E-state index in [0.29, 0.717) is 53.5 Å². The molecule has 3 aliphatic heterocycles. The molecule has 7 rings (SSSR count). The Morgan fingerprint density at radius 2 is 1.89 bits per heavy atom. The van der Waals surface area contributed by atoms with Gasteiger partial charge in [-0.2, -0.15) is 0 Å². The summed E-state index contributed by atoms with van der Waals surface area (Å²) < 4.78 is 27.4. The minimum Gasteiger partial charge on any atom is -0.365 e. The Labute approximate surface area is 269 Å². The number of aromatic nitrogens is 1. The second kappa shape index (κ2) is 12.0. The molecule has 4 aliphatic rings. The van der Waals surface area contributed by atoms with E-state index in [1.54, 1.807) is 41.6 Å². The lowest BCUT2D eigenvalue weighted by Gasteiger charge is -2.35. The van der Waals surface area contributed by atoms with Crippen molar-refractivity contribution in [1.82, 2.24) is 20.5 Å². The molecule has 3 saturated heterocycles. The molecular weight excluding hydrogens is 632 g/mol. The highest BCUT2D eigenvalue weighted by molar-refractivity contribution is 7.50. The van der Waals surface area contributed by atoms with Gasteiger partial charge in [-0.15, -0.1) is 11.3 Å². The lowest BCUT2D eigenvalue weighted by Crippen LogP contribution is -2.58. The molecule has 1 aliphatic carbocycles.